The van der Waals surface area contributed by atoms with E-state index in [1.807, 2.05) is 29.5 Å². The number of benzene rings is 1. The van der Waals surface area contributed by atoms with E-state index in [1.165, 1.54) is 29.7 Å². The predicted molar refractivity (Wildman–Crippen MR) is 84.9 cm³/mol. The molecule has 1 aromatic carbocycles. The molecule has 2 nitrogen and oxygen atoms in total. The normalized spacial score (nSPS) is 13.5. The fraction of sp³-hybridized carbons (Fsp3) is 0.375. The first-order chi connectivity index (χ1) is 9.76. The Bertz CT molecular complexity index is 587. The largest absolute Gasteiger partial charge is 0.495 e. The van der Waals surface area contributed by atoms with Crippen molar-refractivity contribution >= 4 is 22.9 Å². The molecule has 0 bridgehead atoms. The second-order valence-electron chi connectivity index (χ2n) is 5.09. The van der Waals surface area contributed by atoms with E-state index in [-0.39, 0.29) is 0 Å². The molecule has 0 atom stereocenters. The van der Waals surface area contributed by atoms with Crippen LogP contribution in [0.5, 0.6) is 5.75 Å². The first kappa shape index (κ1) is 13.9. The molecule has 4 heteroatoms. The van der Waals surface area contributed by atoms with E-state index in [9.17, 15) is 0 Å². The van der Waals surface area contributed by atoms with Crippen molar-refractivity contribution in [3.8, 4) is 5.75 Å². The van der Waals surface area contributed by atoms with Crippen molar-refractivity contribution in [3.05, 3.63) is 50.2 Å². The van der Waals surface area contributed by atoms with Gasteiger partial charge < -0.3 is 10.1 Å². The van der Waals surface area contributed by atoms with Crippen molar-refractivity contribution in [3.63, 3.8) is 0 Å². The second-order valence-corrected chi connectivity index (χ2v) is 6.72. The summed E-state index contributed by atoms with van der Waals surface area (Å²) in [4.78, 5) is 3.03. The van der Waals surface area contributed by atoms with Crippen LogP contribution in [-0.2, 0) is 25.9 Å². The summed E-state index contributed by atoms with van der Waals surface area (Å²) in [6, 6.07) is 8.29. The van der Waals surface area contributed by atoms with Gasteiger partial charge in [0, 0.05) is 22.8 Å². The van der Waals surface area contributed by atoms with Crippen LogP contribution in [0.25, 0.3) is 0 Å². The van der Waals surface area contributed by atoms with Gasteiger partial charge in [0.25, 0.3) is 0 Å². The van der Waals surface area contributed by atoms with Crippen molar-refractivity contribution in [2.24, 2.45) is 0 Å². The third kappa shape index (κ3) is 3.00. The fourth-order valence-electron chi connectivity index (χ4n) is 2.63. The molecule has 1 aromatic heterocycles. The molecule has 106 valence electrons. The minimum atomic E-state index is 0.668. The van der Waals surface area contributed by atoms with Gasteiger partial charge in [0.15, 0.2) is 0 Å². The first-order valence-electron chi connectivity index (χ1n) is 6.90. The van der Waals surface area contributed by atoms with Gasteiger partial charge in [0.1, 0.15) is 5.75 Å². The van der Waals surface area contributed by atoms with E-state index in [0.29, 0.717) is 5.02 Å². The van der Waals surface area contributed by atoms with Gasteiger partial charge in [-0.1, -0.05) is 17.7 Å². The number of halogens is 1. The summed E-state index contributed by atoms with van der Waals surface area (Å²) in [6.45, 7) is 1.76. The van der Waals surface area contributed by atoms with Gasteiger partial charge in [-0.3, -0.25) is 0 Å². The number of methoxy groups -OCH3 is 1. The lowest BCUT2D eigenvalue weighted by molar-refractivity contribution is 0.415. The Morgan fingerprint density at radius 2 is 2.15 bits per heavy atom. The molecule has 1 aliphatic carbocycles. The summed E-state index contributed by atoms with van der Waals surface area (Å²) < 4.78 is 5.16. The third-order valence-corrected chi connectivity index (χ3v) is 5.17. The summed E-state index contributed by atoms with van der Waals surface area (Å²) in [7, 11) is 1.63. The number of aryl methyl sites for hydroxylation is 2. The summed E-state index contributed by atoms with van der Waals surface area (Å²) in [5.74, 6) is 0.727. The SMILES string of the molecule is COc1ccc(CNCc2cc3c(s2)CCC3)cc1Cl. The molecule has 1 aliphatic rings. The molecule has 1 heterocycles. The maximum atomic E-state index is 6.13. The van der Waals surface area contributed by atoms with Gasteiger partial charge >= 0.3 is 0 Å². The lowest BCUT2D eigenvalue weighted by Gasteiger charge is -2.07. The number of nitrogens with one attached hydrogen (secondary N) is 1. The van der Waals surface area contributed by atoms with Crippen molar-refractivity contribution in [2.75, 3.05) is 7.11 Å². The van der Waals surface area contributed by atoms with Crippen molar-refractivity contribution in [1.29, 1.82) is 0 Å². The zero-order chi connectivity index (χ0) is 13.9. The lowest BCUT2D eigenvalue weighted by atomic mass is 10.2. The monoisotopic (exact) mass is 307 g/mol. The molecule has 0 saturated heterocycles. The van der Waals surface area contributed by atoms with Crippen LogP contribution in [0.3, 0.4) is 0 Å². The number of thiophene rings is 1. The quantitative estimate of drug-likeness (QED) is 0.894. The van der Waals surface area contributed by atoms with E-state index in [2.05, 4.69) is 11.4 Å². The van der Waals surface area contributed by atoms with Gasteiger partial charge in [0.2, 0.25) is 0 Å². The molecular weight excluding hydrogens is 290 g/mol. The van der Waals surface area contributed by atoms with Gasteiger partial charge in [-0.2, -0.15) is 0 Å². The van der Waals surface area contributed by atoms with Crippen LogP contribution < -0.4 is 10.1 Å². The third-order valence-electron chi connectivity index (χ3n) is 3.64. The number of rotatable bonds is 5. The van der Waals surface area contributed by atoms with Crippen molar-refractivity contribution in [2.45, 2.75) is 32.4 Å². The van der Waals surface area contributed by atoms with Crippen LogP contribution in [-0.4, -0.2) is 7.11 Å². The van der Waals surface area contributed by atoms with Gasteiger partial charge in [-0.15, -0.1) is 11.3 Å². The van der Waals surface area contributed by atoms with Crippen LogP contribution in [0.15, 0.2) is 24.3 Å². The highest BCUT2D eigenvalue weighted by atomic mass is 35.5. The Hall–Kier alpha value is -1.03. The Labute approximate surface area is 128 Å². The maximum absolute atomic E-state index is 6.13. The van der Waals surface area contributed by atoms with Crippen LogP contribution in [0.1, 0.15) is 27.3 Å². The topological polar surface area (TPSA) is 21.3 Å². The standard InChI is InChI=1S/C16H18ClNOS/c1-19-15-6-5-11(7-14(15)17)9-18-10-13-8-12-3-2-4-16(12)20-13/h5-8,18H,2-4,9-10H2,1H3. The fourth-order valence-corrected chi connectivity index (χ4v) is 4.14. The summed E-state index contributed by atoms with van der Waals surface area (Å²) >= 11 is 8.08. The Morgan fingerprint density at radius 3 is 2.90 bits per heavy atom. The molecule has 0 amide bonds. The van der Waals surface area contributed by atoms with Crippen molar-refractivity contribution in [1.82, 2.24) is 5.32 Å². The molecule has 0 saturated carbocycles. The van der Waals surface area contributed by atoms with Gasteiger partial charge in [0.05, 0.1) is 12.1 Å². The number of fused-ring (bicyclic) bond motifs is 1. The Kier molecular flexibility index (Phi) is 4.29. The van der Waals surface area contributed by atoms with Crippen LogP contribution in [0.2, 0.25) is 5.02 Å². The smallest absolute Gasteiger partial charge is 0.137 e. The Balaban J connectivity index is 1.55. The second kappa shape index (κ2) is 6.17. The summed E-state index contributed by atoms with van der Waals surface area (Å²) in [6.07, 6.45) is 3.87. The van der Waals surface area contributed by atoms with Crippen LogP contribution in [0.4, 0.5) is 0 Å². The highest BCUT2D eigenvalue weighted by Crippen LogP contribution is 2.30. The van der Waals surface area contributed by atoms with Gasteiger partial charge in [-0.25, -0.2) is 0 Å². The molecule has 2 aromatic rings. The van der Waals surface area contributed by atoms with Crippen molar-refractivity contribution < 1.29 is 4.74 Å². The molecule has 0 unspecified atom stereocenters. The number of ether oxygens (including phenoxy) is 1. The molecule has 0 spiro atoms. The lowest BCUT2D eigenvalue weighted by Crippen LogP contribution is -2.11. The highest BCUT2D eigenvalue weighted by molar-refractivity contribution is 7.12. The maximum Gasteiger partial charge on any atom is 0.137 e. The molecule has 3 rings (SSSR count). The highest BCUT2D eigenvalue weighted by Gasteiger charge is 2.14. The van der Waals surface area contributed by atoms with E-state index in [1.54, 1.807) is 17.6 Å². The Morgan fingerprint density at radius 1 is 1.25 bits per heavy atom. The van der Waals surface area contributed by atoms with Crippen LogP contribution >= 0.6 is 22.9 Å². The summed E-state index contributed by atoms with van der Waals surface area (Å²) in [5.41, 5.74) is 2.75. The predicted octanol–water partition coefficient (Wildman–Crippen LogP) is 4.19. The first-order valence-corrected chi connectivity index (χ1v) is 8.09. The molecule has 0 fully saturated rings. The van der Waals surface area contributed by atoms with E-state index in [0.717, 1.165) is 18.8 Å². The van der Waals surface area contributed by atoms with E-state index >= 15 is 0 Å². The molecule has 0 aliphatic heterocycles. The molecule has 1 N–H and O–H groups in total. The molecule has 20 heavy (non-hydrogen) atoms. The number of hydrogen-bond donors (Lipinski definition) is 1. The molecule has 0 radical (unpaired) electrons. The van der Waals surface area contributed by atoms with E-state index in [4.69, 9.17) is 16.3 Å². The summed E-state index contributed by atoms with van der Waals surface area (Å²) in [5, 5.41) is 4.15. The number of hydrogen-bond acceptors (Lipinski definition) is 3. The minimum absolute atomic E-state index is 0.668. The molecular formula is C16H18ClNOS. The average molecular weight is 308 g/mol. The van der Waals surface area contributed by atoms with Gasteiger partial charge in [-0.05, 0) is 48.6 Å². The van der Waals surface area contributed by atoms with Crippen LogP contribution in [0, 0.1) is 0 Å². The average Bonchev–Trinajstić information content (AvgIpc) is 3.00. The zero-order valence-corrected chi connectivity index (χ0v) is 13.1. The minimum Gasteiger partial charge on any atom is -0.495 e. The van der Waals surface area contributed by atoms with E-state index < -0.39 is 0 Å². The zero-order valence-electron chi connectivity index (χ0n) is 11.5.